The Hall–Kier alpha value is -2.47. The lowest BCUT2D eigenvalue weighted by Gasteiger charge is -2.32. The molecule has 0 fully saturated rings. The molecular weight excluding hydrogens is 346 g/mol. The summed E-state index contributed by atoms with van der Waals surface area (Å²) < 4.78 is 6.37. The highest BCUT2D eigenvalue weighted by molar-refractivity contribution is 7.12. The van der Waals surface area contributed by atoms with E-state index >= 15 is 0 Å². The summed E-state index contributed by atoms with van der Waals surface area (Å²) in [5.74, 6) is -1.07. The molecule has 3 N–H and O–H groups in total. The van der Waals surface area contributed by atoms with Gasteiger partial charge in [0.2, 0.25) is 0 Å². The lowest BCUT2D eigenvalue weighted by atomic mass is 9.89. The first-order chi connectivity index (χ1) is 12.5. The number of benzene rings is 2. The van der Waals surface area contributed by atoms with Crippen LogP contribution in [0.5, 0.6) is 0 Å². The number of hydrogen-bond donors (Lipinski definition) is 2. The highest BCUT2D eigenvalue weighted by Gasteiger charge is 2.47. The number of rotatable bonds is 5. The Kier molecular flexibility index (Phi) is 4.15. The summed E-state index contributed by atoms with van der Waals surface area (Å²) in [6.45, 7) is 1.98. The smallest absolute Gasteiger partial charge is 0.322 e. The summed E-state index contributed by atoms with van der Waals surface area (Å²) >= 11 is 1.66. The molecule has 132 valence electrons. The van der Waals surface area contributed by atoms with Crippen molar-refractivity contribution in [2.45, 2.75) is 18.6 Å². The summed E-state index contributed by atoms with van der Waals surface area (Å²) in [6.07, 6.45) is 0. The van der Waals surface area contributed by atoms with E-state index in [4.69, 9.17) is 10.5 Å². The highest BCUT2D eigenvalue weighted by atomic mass is 32.1. The summed E-state index contributed by atoms with van der Waals surface area (Å²) in [5.41, 5.74) is 9.20. The molecule has 4 rings (SSSR count). The molecule has 1 atom stereocenters. The summed E-state index contributed by atoms with van der Waals surface area (Å²) in [7, 11) is 0. The monoisotopic (exact) mass is 365 g/mol. The predicted octanol–water partition coefficient (Wildman–Crippen LogP) is 3.76. The van der Waals surface area contributed by atoms with Crippen molar-refractivity contribution in [3.05, 3.63) is 81.5 Å². The summed E-state index contributed by atoms with van der Waals surface area (Å²) in [6, 6.07) is 19.3. The zero-order valence-corrected chi connectivity index (χ0v) is 15.1. The zero-order chi connectivity index (χ0) is 18.3. The first-order valence-corrected chi connectivity index (χ1v) is 9.24. The van der Waals surface area contributed by atoms with E-state index in [2.05, 4.69) is 43.3 Å². The third kappa shape index (κ3) is 2.48. The molecule has 0 saturated heterocycles. The van der Waals surface area contributed by atoms with Crippen LogP contribution in [0.15, 0.2) is 60.7 Å². The minimum Gasteiger partial charge on any atom is -0.480 e. The van der Waals surface area contributed by atoms with Gasteiger partial charge in [0, 0.05) is 20.9 Å². The molecule has 1 heterocycles. The van der Waals surface area contributed by atoms with Crippen molar-refractivity contribution in [2.24, 2.45) is 5.73 Å². The van der Waals surface area contributed by atoms with Crippen LogP contribution in [0.1, 0.15) is 20.9 Å². The molecule has 0 radical (unpaired) electrons. The number of carbonyl (C=O) groups is 1. The van der Waals surface area contributed by atoms with Gasteiger partial charge in [-0.2, -0.15) is 0 Å². The SMILES string of the molecule is Cc1ccc(C2(OC[C@H](N)C(=O)O)c3ccccc3-c3ccccc32)s1. The number of nitrogens with two attached hydrogens (primary N) is 1. The first kappa shape index (κ1) is 17.0. The average Bonchev–Trinajstić information content (AvgIpc) is 3.20. The molecular formula is C21H19NO3S. The van der Waals surface area contributed by atoms with Gasteiger partial charge in [0.05, 0.1) is 6.61 Å². The van der Waals surface area contributed by atoms with E-state index in [-0.39, 0.29) is 6.61 Å². The van der Waals surface area contributed by atoms with Gasteiger partial charge in [-0.05, 0) is 30.2 Å². The van der Waals surface area contributed by atoms with Crippen molar-refractivity contribution in [1.82, 2.24) is 0 Å². The van der Waals surface area contributed by atoms with Gasteiger partial charge in [0.25, 0.3) is 0 Å². The van der Waals surface area contributed by atoms with Gasteiger partial charge in [-0.3, -0.25) is 4.79 Å². The van der Waals surface area contributed by atoms with E-state index < -0.39 is 17.6 Å². The van der Waals surface area contributed by atoms with Crippen molar-refractivity contribution in [3.63, 3.8) is 0 Å². The zero-order valence-electron chi connectivity index (χ0n) is 14.3. The van der Waals surface area contributed by atoms with Crippen LogP contribution in [-0.4, -0.2) is 23.7 Å². The molecule has 1 aliphatic carbocycles. The van der Waals surface area contributed by atoms with E-state index in [1.807, 2.05) is 24.3 Å². The van der Waals surface area contributed by atoms with E-state index in [0.717, 1.165) is 27.1 Å². The lowest BCUT2D eigenvalue weighted by molar-refractivity contribution is -0.141. The van der Waals surface area contributed by atoms with Crippen molar-refractivity contribution in [2.75, 3.05) is 6.61 Å². The molecule has 3 aromatic rings. The fourth-order valence-electron chi connectivity index (χ4n) is 3.60. The minimum absolute atomic E-state index is 0.0745. The number of carboxylic acids is 1. The van der Waals surface area contributed by atoms with Crippen LogP contribution in [0.2, 0.25) is 0 Å². The van der Waals surface area contributed by atoms with Gasteiger partial charge >= 0.3 is 5.97 Å². The maximum Gasteiger partial charge on any atom is 0.322 e. The topological polar surface area (TPSA) is 72.5 Å². The average molecular weight is 365 g/mol. The number of aryl methyl sites for hydroxylation is 1. The van der Waals surface area contributed by atoms with Crippen LogP contribution in [0, 0.1) is 6.92 Å². The lowest BCUT2D eigenvalue weighted by Crippen LogP contribution is -2.40. The Morgan fingerprint density at radius 2 is 1.65 bits per heavy atom. The van der Waals surface area contributed by atoms with Crippen LogP contribution < -0.4 is 5.73 Å². The summed E-state index contributed by atoms with van der Waals surface area (Å²) in [5, 5.41) is 9.20. The first-order valence-electron chi connectivity index (χ1n) is 8.42. The molecule has 2 aromatic carbocycles. The number of carboxylic acid groups (broad SMARTS) is 1. The van der Waals surface area contributed by atoms with E-state index in [1.54, 1.807) is 11.3 Å². The van der Waals surface area contributed by atoms with Crippen LogP contribution in [0.4, 0.5) is 0 Å². The molecule has 4 nitrogen and oxygen atoms in total. The summed E-state index contributed by atoms with van der Waals surface area (Å²) in [4.78, 5) is 13.4. The normalized spacial score (nSPS) is 15.3. The Morgan fingerprint density at radius 1 is 1.08 bits per heavy atom. The Balaban J connectivity index is 1.95. The van der Waals surface area contributed by atoms with Gasteiger partial charge in [-0.25, -0.2) is 0 Å². The maximum atomic E-state index is 11.2. The molecule has 0 unspecified atom stereocenters. The third-order valence-electron chi connectivity index (χ3n) is 4.79. The van der Waals surface area contributed by atoms with Gasteiger partial charge in [-0.15, -0.1) is 11.3 Å². The van der Waals surface area contributed by atoms with Crippen molar-refractivity contribution in [3.8, 4) is 11.1 Å². The third-order valence-corrected chi connectivity index (χ3v) is 5.89. The van der Waals surface area contributed by atoms with Crippen LogP contribution in [0.3, 0.4) is 0 Å². The molecule has 0 spiro atoms. The van der Waals surface area contributed by atoms with Gasteiger partial charge in [0.15, 0.2) is 5.60 Å². The van der Waals surface area contributed by atoms with Crippen LogP contribution in [-0.2, 0) is 15.1 Å². The quantitative estimate of drug-likeness (QED) is 0.722. The Morgan fingerprint density at radius 3 is 2.15 bits per heavy atom. The number of hydrogen-bond acceptors (Lipinski definition) is 4. The second-order valence-corrected chi connectivity index (χ2v) is 7.73. The molecule has 26 heavy (non-hydrogen) atoms. The van der Waals surface area contributed by atoms with E-state index in [1.165, 1.54) is 4.88 Å². The van der Waals surface area contributed by atoms with Crippen molar-refractivity contribution in [1.29, 1.82) is 0 Å². The molecule has 0 aliphatic heterocycles. The predicted molar refractivity (Wildman–Crippen MR) is 102 cm³/mol. The Bertz CT molecular complexity index is 933. The number of thiophene rings is 1. The molecule has 0 bridgehead atoms. The standard InChI is InChI=1S/C21H19NO3S/c1-13-10-11-19(26-13)21(25-12-18(22)20(23)24)16-8-4-2-6-14(16)15-7-3-5-9-17(15)21/h2-11,18H,12,22H2,1H3,(H,23,24)/t18-/m0/s1. The van der Waals surface area contributed by atoms with E-state index in [9.17, 15) is 9.90 Å². The largest absolute Gasteiger partial charge is 0.480 e. The minimum atomic E-state index is -1.08. The van der Waals surface area contributed by atoms with E-state index in [0.29, 0.717) is 0 Å². The highest BCUT2D eigenvalue weighted by Crippen LogP contribution is 2.54. The maximum absolute atomic E-state index is 11.2. The fraction of sp³-hybridized carbons (Fsp3) is 0.190. The van der Waals surface area contributed by atoms with Crippen LogP contribution >= 0.6 is 11.3 Å². The van der Waals surface area contributed by atoms with Gasteiger partial charge in [0.1, 0.15) is 6.04 Å². The van der Waals surface area contributed by atoms with Gasteiger partial charge < -0.3 is 15.6 Å². The number of aliphatic carboxylic acids is 1. The molecule has 0 saturated carbocycles. The Labute approximate surface area is 155 Å². The molecule has 1 aliphatic rings. The fourth-order valence-corrected chi connectivity index (χ4v) is 4.64. The van der Waals surface area contributed by atoms with Gasteiger partial charge in [-0.1, -0.05) is 48.5 Å². The molecule has 0 amide bonds. The van der Waals surface area contributed by atoms with Crippen LogP contribution in [0.25, 0.3) is 11.1 Å². The number of fused-ring (bicyclic) bond motifs is 3. The second-order valence-electron chi connectivity index (χ2n) is 6.44. The molecule has 5 heteroatoms. The second kappa shape index (κ2) is 6.36. The molecule has 1 aromatic heterocycles. The van der Waals surface area contributed by atoms with Crippen molar-refractivity contribution >= 4 is 17.3 Å². The van der Waals surface area contributed by atoms with Crippen molar-refractivity contribution < 1.29 is 14.6 Å². The number of ether oxygens (including phenoxy) is 1.